The molecule has 0 unspecified atom stereocenters. The number of rotatable bonds is 3. The summed E-state index contributed by atoms with van der Waals surface area (Å²) in [7, 11) is 1.99. The Bertz CT molecular complexity index is 341. The predicted octanol–water partition coefficient (Wildman–Crippen LogP) is 2.13. The van der Waals surface area contributed by atoms with Crippen LogP contribution in [0.15, 0.2) is 18.3 Å². The molecule has 16 heavy (non-hydrogen) atoms. The molecular weight excluding hydrogens is 200 g/mol. The zero-order valence-corrected chi connectivity index (χ0v) is 10.1. The molecule has 0 bridgehead atoms. The van der Waals surface area contributed by atoms with Crippen molar-refractivity contribution in [2.75, 3.05) is 18.5 Å². The predicted molar refractivity (Wildman–Crippen MR) is 65.7 cm³/mol. The monoisotopic (exact) mass is 220 g/mol. The number of nitrogens with zero attached hydrogens (tertiary/aromatic N) is 2. The molecule has 1 aliphatic rings. The van der Waals surface area contributed by atoms with Crippen LogP contribution in [0.4, 0.5) is 5.82 Å². The number of hydrogen-bond acceptors (Lipinski definition) is 3. The van der Waals surface area contributed by atoms with Crippen molar-refractivity contribution in [3.63, 3.8) is 0 Å². The summed E-state index contributed by atoms with van der Waals surface area (Å²) in [6, 6.07) is 4.06. The minimum Gasteiger partial charge on any atom is -0.388 e. The normalized spacial score (nSPS) is 18.7. The summed E-state index contributed by atoms with van der Waals surface area (Å²) in [6.07, 6.45) is 5.99. The van der Waals surface area contributed by atoms with Gasteiger partial charge < -0.3 is 10.0 Å². The minimum atomic E-state index is -0.499. The van der Waals surface area contributed by atoms with Crippen molar-refractivity contribution in [2.24, 2.45) is 0 Å². The first-order valence-corrected chi connectivity index (χ1v) is 5.95. The van der Waals surface area contributed by atoms with E-state index in [9.17, 15) is 5.11 Å². The van der Waals surface area contributed by atoms with E-state index in [1.54, 1.807) is 0 Å². The van der Waals surface area contributed by atoms with E-state index in [1.165, 1.54) is 0 Å². The first-order valence-electron chi connectivity index (χ1n) is 5.95. The van der Waals surface area contributed by atoms with Gasteiger partial charge in [-0.2, -0.15) is 0 Å². The largest absolute Gasteiger partial charge is 0.388 e. The molecule has 0 radical (unpaired) electrons. The van der Waals surface area contributed by atoms with Crippen molar-refractivity contribution in [1.82, 2.24) is 4.98 Å². The van der Waals surface area contributed by atoms with Crippen LogP contribution >= 0.6 is 0 Å². The topological polar surface area (TPSA) is 36.4 Å². The molecule has 0 aromatic carbocycles. The average molecular weight is 220 g/mol. The van der Waals surface area contributed by atoms with Crippen molar-refractivity contribution >= 4 is 5.82 Å². The van der Waals surface area contributed by atoms with E-state index in [1.807, 2.05) is 31.1 Å². The van der Waals surface area contributed by atoms with Crippen LogP contribution in [-0.4, -0.2) is 29.3 Å². The van der Waals surface area contributed by atoms with Crippen molar-refractivity contribution in [3.05, 3.63) is 23.9 Å². The van der Waals surface area contributed by atoms with E-state index in [0.717, 1.165) is 37.1 Å². The smallest absolute Gasteiger partial charge is 0.128 e. The van der Waals surface area contributed by atoms with E-state index < -0.39 is 5.60 Å². The second-order valence-corrected chi connectivity index (χ2v) is 4.98. The Balaban J connectivity index is 2.02. The number of aliphatic hydroxyl groups is 1. The lowest BCUT2D eigenvalue weighted by molar-refractivity contribution is 0.0558. The van der Waals surface area contributed by atoms with Gasteiger partial charge in [-0.05, 0) is 31.4 Å². The van der Waals surface area contributed by atoms with Crippen LogP contribution in [0.5, 0.6) is 0 Å². The van der Waals surface area contributed by atoms with Gasteiger partial charge in [0.15, 0.2) is 0 Å². The molecule has 1 fully saturated rings. The molecule has 0 amide bonds. The molecule has 1 aromatic heterocycles. The lowest BCUT2D eigenvalue weighted by atomic mass is 10.0. The van der Waals surface area contributed by atoms with Gasteiger partial charge in [-0.25, -0.2) is 4.98 Å². The molecule has 0 atom stereocenters. The second kappa shape index (κ2) is 4.42. The minimum absolute atomic E-state index is 0.499. The molecule has 0 saturated heterocycles. The van der Waals surface area contributed by atoms with Crippen LogP contribution in [0.1, 0.15) is 31.2 Å². The van der Waals surface area contributed by atoms with Gasteiger partial charge in [0.25, 0.3) is 0 Å². The molecule has 0 spiro atoms. The van der Waals surface area contributed by atoms with Gasteiger partial charge in [0.05, 0.1) is 5.60 Å². The van der Waals surface area contributed by atoms with Crippen LogP contribution in [0.2, 0.25) is 0 Å². The first kappa shape index (κ1) is 11.4. The van der Waals surface area contributed by atoms with Crippen LogP contribution in [-0.2, 0) is 0 Å². The third kappa shape index (κ3) is 2.53. The molecule has 1 heterocycles. The highest BCUT2D eigenvalue weighted by atomic mass is 16.3. The van der Waals surface area contributed by atoms with Gasteiger partial charge in [0.1, 0.15) is 5.82 Å². The van der Waals surface area contributed by atoms with E-state index >= 15 is 0 Å². The first-order chi connectivity index (χ1) is 7.59. The summed E-state index contributed by atoms with van der Waals surface area (Å²) in [5, 5.41) is 10.3. The second-order valence-electron chi connectivity index (χ2n) is 4.98. The van der Waals surface area contributed by atoms with Gasteiger partial charge >= 0.3 is 0 Å². The van der Waals surface area contributed by atoms with Gasteiger partial charge in [-0.1, -0.05) is 18.9 Å². The van der Waals surface area contributed by atoms with Crippen molar-refractivity contribution in [2.45, 2.75) is 38.2 Å². The lowest BCUT2D eigenvalue weighted by Crippen LogP contribution is -2.39. The average Bonchev–Trinajstić information content (AvgIpc) is 2.65. The number of likely N-dealkylation sites (N-methyl/N-ethyl adjacent to an activating group) is 1. The number of hydrogen-bond donors (Lipinski definition) is 1. The van der Waals surface area contributed by atoms with Gasteiger partial charge in [-0.3, -0.25) is 0 Å². The van der Waals surface area contributed by atoms with E-state index in [0.29, 0.717) is 6.54 Å². The molecular formula is C13H20N2O. The lowest BCUT2D eigenvalue weighted by Gasteiger charge is -2.29. The van der Waals surface area contributed by atoms with Gasteiger partial charge in [-0.15, -0.1) is 0 Å². The standard InChI is InChI=1S/C13H20N2O/c1-11-5-6-12(14-9-11)15(2)10-13(16)7-3-4-8-13/h5-6,9,16H,3-4,7-8,10H2,1-2H3. The maximum absolute atomic E-state index is 10.3. The molecule has 88 valence electrons. The Labute approximate surface area is 97.1 Å². The summed E-state index contributed by atoms with van der Waals surface area (Å²) in [6.45, 7) is 2.71. The van der Waals surface area contributed by atoms with Gasteiger partial charge in [0, 0.05) is 19.8 Å². The molecule has 1 N–H and O–H groups in total. The maximum Gasteiger partial charge on any atom is 0.128 e. The summed E-state index contributed by atoms with van der Waals surface area (Å²) < 4.78 is 0. The third-order valence-electron chi connectivity index (χ3n) is 3.35. The molecule has 3 nitrogen and oxygen atoms in total. The van der Waals surface area contributed by atoms with Gasteiger partial charge in [0.2, 0.25) is 0 Å². The highest BCUT2D eigenvalue weighted by Crippen LogP contribution is 2.30. The van der Waals surface area contributed by atoms with Crippen molar-refractivity contribution < 1.29 is 5.11 Å². The van der Waals surface area contributed by atoms with Crippen molar-refractivity contribution in [1.29, 1.82) is 0 Å². The quantitative estimate of drug-likeness (QED) is 0.847. The van der Waals surface area contributed by atoms with E-state index in [2.05, 4.69) is 11.1 Å². The van der Waals surface area contributed by atoms with Crippen LogP contribution in [0.25, 0.3) is 0 Å². The molecule has 1 aromatic rings. The fourth-order valence-electron chi connectivity index (χ4n) is 2.40. The molecule has 1 aliphatic carbocycles. The molecule has 2 rings (SSSR count). The Morgan fingerprint density at radius 1 is 1.38 bits per heavy atom. The molecule has 1 saturated carbocycles. The zero-order valence-electron chi connectivity index (χ0n) is 10.1. The SMILES string of the molecule is Cc1ccc(N(C)CC2(O)CCCC2)nc1. The van der Waals surface area contributed by atoms with Crippen LogP contribution in [0, 0.1) is 6.92 Å². The number of aromatic nitrogens is 1. The Morgan fingerprint density at radius 2 is 2.06 bits per heavy atom. The number of aryl methyl sites for hydroxylation is 1. The third-order valence-corrected chi connectivity index (χ3v) is 3.35. The fourth-order valence-corrected chi connectivity index (χ4v) is 2.40. The van der Waals surface area contributed by atoms with Crippen molar-refractivity contribution in [3.8, 4) is 0 Å². The number of anilines is 1. The van der Waals surface area contributed by atoms with Crippen LogP contribution in [0.3, 0.4) is 0 Å². The summed E-state index contributed by atoms with van der Waals surface area (Å²) in [4.78, 5) is 6.41. The highest BCUT2D eigenvalue weighted by Gasteiger charge is 2.32. The summed E-state index contributed by atoms with van der Waals surface area (Å²) in [5.41, 5.74) is 0.665. The van der Waals surface area contributed by atoms with E-state index in [-0.39, 0.29) is 0 Å². The Kier molecular flexibility index (Phi) is 3.15. The maximum atomic E-state index is 10.3. The van der Waals surface area contributed by atoms with Crippen LogP contribution < -0.4 is 4.90 Å². The van der Waals surface area contributed by atoms with E-state index in [4.69, 9.17) is 0 Å². The Morgan fingerprint density at radius 3 is 2.62 bits per heavy atom. The molecule has 0 aliphatic heterocycles. The fraction of sp³-hybridized carbons (Fsp3) is 0.615. The Hall–Kier alpha value is -1.09. The summed E-state index contributed by atoms with van der Waals surface area (Å²) in [5.74, 6) is 0.936. The highest BCUT2D eigenvalue weighted by molar-refractivity contribution is 5.38. The number of pyridine rings is 1. The summed E-state index contributed by atoms with van der Waals surface area (Å²) >= 11 is 0. The zero-order chi connectivity index (χ0) is 11.6. The molecule has 3 heteroatoms.